The Balaban J connectivity index is 5.36. The predicted octanol–water partition coefficient (Wildman–Crippen LogP) is -3.36. The molecule has 3 amide bonds. The number of carboxylic acid groups (broad SMARTS) is 1. The van der Waals surface area contributed by atoms with E-state index in [0.717, 1.165) is 0 Å². The van der Waals surface area contributed by atoms with Crippen LogP contribution in [-0.2, 0) is 19.2 Å². The van der Waals surface area contributed by atoms with Crippen molar-refractivity contribution in [3.8, 4) is 0 Å². The summed E-state index contributed by atoms with van der Waals surface area (Å²) in [5.41, 5.74) is 26.4. The van der Waals surface area contributed by atoms with Gasteiger partial charge in [0.05, 0.1) is 6.54 Å². The average molecular weight is 501 g/mol. The molecule has 0 bridgehead atoms. The lowest BCUT2D eigenvalue weighted by molar-refractivity contribution is -0.142. The highest BCUT2D eigenvalue weighted by atomic mass is 16.4. The molecule has 3 atom stereocenters. The van der Waals surface area contributed by atoms with Crippen LogP contribution in [0.2, 0.25) is 0 Å². The van der Waals surface area contributed by atoms with Crippen LogP contribution in [-0.4, -0.2) is 78.5 Å². The van der Waals surface area contributed by atoms with Crippen LogP contribution in [0.4, 0.5) is 0 Å². The normalized spacial score (nSPS) is 13.1. The standard InChI is InChI=1S/C20H40N10O5/c1-11(2)9-14(17(33)29-13(18(34)35)6-4-8-27-20(24)25)30-16(32)12(28-15(31)10-21)5-3-7-26-19(22)23/h11-14H,3-10,21H2,1-2H3,(H,28,31)(H,29,33)(H,30,32)(H,34,35)(H4,22,23,26)(H4,24,25,27). The van der Waals surface area contributed by atoms with Crippen LogP contribution in [0.25, 0.3) is 0 Å². The molecule has 0 radical (unpaired) electrons. The second-order valence-corrected chi connectivity index (χ2v) is 8.31. The van der Waals surface area contributed by atoms with Crippen molar-refractivity contribution < 1.29 is 24.3 Å². The van der Waals surface area contributed by atoms with Gasteiger partial charge in [-0.25, -0.2) is 4.79 Å². The zero-order chi connectivity index (χ0) is 27.0. The maximum Gasteiger partial charge on any atom is 0.326 e. The first-order chi connectivity index (χ1) is 16.4. The lowest BCUT2D eigenvalue weighted by atomic mass is 10.0. The van der Waals surface area contributed by atoms with Gasteiger partial charge >= 0.3 is 5.97 Å². The van der Waals surface area contributed by atoms with Gasteiger partial charge in [0, 0.05) is 13.1 Å². The summed E-state index contributed by atoms with van der Waals surface area (Å²) in [5, 5.41) is 17.1. The first-order valence-corrected chi connectivity index (χ1v) is 11.3. The molecule has 0 aliphatic heterocycles. The van der Waals surface area contributed by atoms with Crippen molar-refractivity contribution in [2.75, 3.05) is 19.6 Å². The van der Waals surface area contributed by atoms with Crippen LogP contribution in [0, 0.1) is 5.92 Å². The van der Waals surface area contributed by atoms with Gasteiger partial charge in [0.2, 0.25) is 17.7 Å². The molecule has 0 aromatic rings. The molecule has 3 unspecified atom stereocenters. The Morgan fingerprint density at radius 3 is 1.66 bits per heavy atom. The summed E-state index contributed by atoms with van der Waals surface area (Å²) < 4.78 is 0. The van der Waals surface area contributed by atoms with Crippen molar-refractivity contribution in [1.29, 1.82) is 0 Å². The second-order valence-electron chi connectivity index (χ2n) is 8.31. The van der Waals surface area contributed by atoms with Crippen molar-refractivity contribution in [3.63, 3.8) is 0 Å². The summed E-state index contributed by atoms with van der Waals surface area (Å²) in [6.07, 6.45) is 1.20. The Morgan fingerprint density at radius 2 is 1.23 bits per heavy atom. The topological polar surface area (TPSA) is 279 Å². The summed E-state index contributed by atoms with van der Waals surface area (Å²) in [6.45, 7) is 3.81. The third kappa shape index (κ3) is 15.0. The molecular formula is C20H40N10O5. The van der Waals surface area contributed by atoms with E-state index in [4.69, 9.17) is 28.7 Å². The van der Waals surface area contributed by atoms with Gasteiger partial charge in [-0.05, 0) is 38.0 Å². The largest absolute Gasteiger partial charge is 0.480 e. The molecule has 15 heteroatoms. The maximum atomic E-state index is 12.9. The van der Waals surface area contributed by atoms with Crippen molar-refractivity contribution >= 4 is 35.6 Å². The van der Waals surface area contributed by atoms with Gasteiger partial charge in [0.1, 0.15) is 18.1 Å². The molecule has 0 rings (SSSR count). The van der Waals surface area contributed by atoms with Crippen LogP contribution >= 0.6 is 0 Å². The van der Waals surface area contributed by atoms with Crippen LogP contribution < -0.4 is 44.6 Å². The van der Waals surface area contributed by atoms with Gasteiger partial charge in [0.15, 0.2) is 11.9 Å². The zero-order valence-corrected chi connectivity index (χ0v) is 20.3. The van der Waals surface area contributed by atoms with Gasteiger partial charge in [-0.15, -0.1) is 0 Å². The third-order valence-corrected chi connectivity index (χ3v) is 4.68. The van der Waals surface area contributed by atoms with E-state index in [1.165, 1.54) is 0 Å². The molecule has 35 heavy (non-hydrogen) atoms. The minimum Gasteiger partial charge on any atom is -0.480 e. The Hall–Kier alpha value is -3.62. The van der Waals surface area contributed by atoms with E-state index in [1.54, 1.807) is 0 Å². The van der Waals surface area contributed by atoms with E-state index >= 15 is 0 Å². The molecule has 0 aliphatic rings. The van der Waals surface area contributed by atoms with E-state index < -0.39 is 41.8 Å². The smallest absolute Gasteiger partial charge is 0.326 e. The van der Waals surface area contributed by atoms with E-state index in [0.29, 0.717) is 12.8 Å². The Morgan fingerprint density at radius 1 is 0.771 bits per heavy atom. The Labute approximate surface area is 204 Å². The van der Waals surface area contributed by atoms with Gasteiger partial charge in [0.25, 0.3) is 0 Å². The fraction of sp³-hybridized carbons (Fsp3) is 0.700. The number of carbonyl (C=O) groups excluding carboxylic acids is 3. The number of nitrogens with one attached hydrogen (secondary N) is 3. The van der Waals surface area contributed by atoms with E-state index in [9.17, 15) is 24.3 Å². The highest BCUT2D eigenvalue weighted by Gasteiger charge is 2.29. The number of carbonyl (C=O) groups is 4. The van der Waals surface area contributed by atoms with Crippen molar-refractivity contribution in [2.24, 2.45) is 44.6 Å². The molecule has 0 heterocycles. The van der Waals surface area contributed by atoms with Gasteiger partial charge < -0.3 is 49.7 Å². The SMILES string of the molecule is CC(C)CC(NC(=O)C(CCCN=C(N)N)NC(=O)CN)C(=O)NC(CCCN=C(N)N)C(=O)O. The number of hydrogen-bond acceptors (Lipinski definition) is 7. The number of rotatable bonds is 17. The second kappa shape index (κ2) is 16.9. The Kier molecular flexibility index (Phi) is 15.2. The molecule has 0 aromatic heterocycles. The van der Waals surface area contributed by atoms with E-state index in [-0.39, 0.29) is 56.7 Å². The number of hydrogen-bond donors (Lipinski definition) is 9. The lowest BCUT2D eigenvalue weighted by Gasteiger charge is -2.25. The summed E-state index contributed by atoms with van der Waals surface area (Å²) in [5.74, 6) is -3.28. The van der Waals surface area contributed by atoms with Gasteiger partial charge in [-0.2, -0.15) is 0 Å². The first kappa shape index (κ1) is 31.4. The fourth-order valence-electron chi connectivity index (χ4n) is 3.03. The molecule has 0 spiro atoms. The zero-order valence-electron chi connectivity index (χ0n) is 20.3. The summed E-state index contributed by atoms with van der Waals surface area (Å²) in [6, 6.07) is -3.22. The van der Waals surface area contributed by atoms with E-state index in [1.807, 2.05) is 13.8 Å². The molecule has 14 N–H and O–H groups in total. The number of carboxylic acids is 1. The molecule has 15 nitrogen and oxygen atoms in total. The molecule has 0 saturated carbocycles. The number of guanidine groups is 2. The maximum absolute atomic E-state index is 12.9. The van der Waals surface area contributed by atoms with Crippen molar-refractivity contribution in [3.05, 3.63) is 0 Å². The molecule has 0 saturated heterocycles. The quantitative estimate of drug-likeness (QED) is 0.0543. The van der Waals surface area contributed by atoms with Crippen LogP contribution in [0.3, 0.4) is 0 Å². The number of nitrogens with zero attached hydrogens (tertiary/aromatic N) is 2. The monoisotopic (exact) mass is 500 g/mol. The number of amides is 3. The van der Waals surface area contributed by atoms with Crippen LogP contribution in [0.5, 0.6) is 0 Å². The number of aliphatic imine (C=N–C) groups is 2. The molecule has 0 fully saturated rings. The number of nitrogens with two attached hydrogens (primary N) is 5. The number of aliphatic carboxylic acids is 1. The minimum atomic E-state index is -1.23. The average Bonchev–Trinajstić information content (AvgIpc) is 2.76. The van der Waals surface area contributed by atoms with Crippen molar-refractivity contribution in [2.45, 2.75) is 64.1 Å². The molecule has 0 aromatic carbocycles. The van der Waals surface area contributed by atoms with Gasteiger partial charge in [-0.3, -0.25) is 24.4 Å². The Bertz CT molecular complexity index is 763. The summed E-state index contributed by atoms with van der Waals surface area (Å²) >= 11 is 0. The minimum absolute atomic E-state index is 0.00450. The lowest BCUT2D eigenvalue weighted by Crippen LogP contribution is -2.56. The predicted molar refractivity (Wildman–Crippen MR) is 132 cm³/mol. The molecular weight excluding hydrogens is 460 g/mol. The molecule has 0 aliphatic carbocycles. The summed E-state index contributed by atoms with van der Waals surface area (Å²) in [4.78, 5) is 56.9. The summed E-state index contributed by atoms with van der Waals surface area (Å²) in [7, 11) is 0. The third-order valence-electron chi connectivity index (χ3n) is 4.68. The fourth-order valence-corrected chi connectivity index (χ4v) is 3.03. The highest BCUT2D eigenvalue weighted by Crippen LogP contribution is 2.08. The van der Waals surface area contributed by atoms with Crippen molar-refractivity contribution in [1.82, 2.24) is 16.0 Å². The van der Waals surface area contributed by atoms with E-state index in [2.05, 4.69) is 25.9 Å². The van der Waals surface area contributed by atoms with Crippen LogP contribution in [0.15, 0.2) is 9.98 Å². The first-order valence-electron chi connectivity index (χ1n) is 11.3. The van der Waals surface area contributed by atoms with Crippen LogP contribution in [0.1, 0.15) is 46.0 Å². The highest BCUT2D eigenvalue weighted by molar-refractivity contribution is 5.93. The molecule has 200 valence electrons. The van der Waals surface area contributed by atoms with Gasteiger partial charge in [-0.1, -0.05) is 13.8 Å².